The van der Waals surface area contributed by atoms with Gasteiger partial charge in [0.1, 0.15) is 23.7 Å². The van der Waals surface area contributed by atoms with E-state index in [2.05, 4.69) is 20.2 Å². The second-order valence-corrected chi connectivity index (χ2v) is 6.25. The number of aromatic nitrogens is 5. The first-order valence-electron chi connectivity index (χ1n) is 8.53. The van der Waals surface area contributed by atoms with Crippen LogP contribution >= 0.6 is 0 Å². The number of rotatable bonds is 4. The molecule has 1 fully saturated rings. The van der Waals surface area contributed by atoms with E-state index >= 15 is 0 Å². The molecule has 2 atom stereocenters. The van der Waals surface area contributed by atoms with Crippen molar-refractivity contribution < 1.29 is 14.2 Å². The number of phenolic OH excluding ortho intramolecular Hbond substituents is 1. The SMILES string of the molecule is Oc1cc(-n2ccnc2)ccc1-c1cnc(O[C@@H]2CCCC[C@@H]2F)nn1. The summed E-state index contributed by atoms with van der Waals surface area (Å²) in [7, 11) is 0. The Hall–Kier alpha value is -3.03. The Morgan fingerprint density at radius 3 is 2.77 bits per heavy atom. The molecule has 0 amide bonds. The van der Waals surface area contributed by atoms with Crippen molar-refractivity contribution in [1.29, 1.82) is 0 Å². The summed E-state index contributed by atoms with van der Waals surface area (Å²) in [6.45, 7) is 0. The lowest BCUT2D eigenvalue weighted by molar-refractivity contribution is 0.0553. The van der Waals surface area contributed by atoms with Crippen molar-refractivity contribution in [1.82, 2.24) is 24.7 Å². The van der Waals surface area contributed by atoms with Gasteiger partial charge in [-0.1, -0.05) is 11.5 Å². The van der Waals surface area contributed by atoms with Crippen LogP contribution in [-0.4, -0.2) is 42.1 Å². The van der Waals surface area contributed by atoms with Gasteiger partial charge in [0.15, 0.2) is 0 Å². The van der Waals surface area contributed by atoms with Crippen molar-refractivity contribution in [3.8, 4) is 28.7 Å². The molecule has 4 rings (SSSR count). The Morgan fingerprint density at radius 2 is 2.08 bits per heavy atom. The molecule has 26 heavy (non-hydrogen) atoms. The third-order valence-electron chi connectivity index (χ3n) is 4.48. The highest BCUT2D eigenvalue weighted by molar-refractivity contribution is 5.67. The minimum atomic E-state index is -0.994. The lowest BCUT2D eigenvalue weighted by atomic mass is 9.96. The number of aromatic hydroxyl groups is 1. The highest BCUT2D eigenvalue weighted by Gasteiger charge is 2.27. The van der Waals surface area contributed by atoms with E-state index in [4.69, 9.17) is 4.74 Å². The summed E-state index contributed by atoms with van der Waals surface area (Å²) >= 11 is 0. The van der Waals surface area contributed by atoms with Crippen LogP contribution in [0.25, 0.3) is 16.9 Å². The van der Waals surface area contributed by atoms with Crippen molar-refractivity contribution in [2.75, 3.05) is 0 Å². The maximum absolute atomic E-state index is 13.8. The van der Waals surface area contributed by atoms with Crippen molar-refractivity contribution in [3.63, 3.8) is 0 Å². The third-order valence-corrected chi connectivity index (χ3v) is 4.48. The zero-order valence-electron chi connectivity index (χ0n) is 14.0. The summed E-state index contributed by atoms with van der Waals surface area (Å²) in [5, 5.41) is 18.3. The van der Waals surface area contributed by atoms with Crippen LogP contribution in [0, 0.1) is 0 Å². The molecule has 1 N–H and O–H groups in total. The minimum absolute atomic E-state index is 0.0528. The largest absolute Gasteiger partial charge is 0.507 e. The zero-order valence-corrected chi connectivity index (χ0v) is 14.0. The minimum Gasteiger partial charge on any atom is -0.507 e. The van der Waals surface area contributed by atoms with Crippen LogP contribution in [0.15, 0.2) is 43.1 Å². The van der Waals surface area contributed by atoms with Gasteiger partial charge in [0, 0.05) is 24.0 Å². The quantitative estimate of drug-likeness (QED) is 0.774. The number of halogens is 1. The summed E-state index contributed by atoms with van der Waals surface area (Å²) in [6.07, 6.45) is 8.03. The van der Waals surface area contributed by atoms with Gasteiger partial charge in [-0.25, -0.2) is 14.4 Å². The van der Waals surface area contributed by atoms with Gasteiger partial charge in [-0.15, -0.1) is 5.10 Å². The van der Waals surface area contributed by atoms with Crippen LogP contribution in [0.2, 0.25) is 0 Å². The fraction of sp³-hybridized carbons (Fsp3) is 0.333. The number of hydrogen-bond donors (Lipinski definition) is 1. The molecule has 1 aliphatic rings. The standard InChI is InChI=1S/C18H18FN5O2/c19-14-3-1-2-4-17(14)26-18-21-10-15(22-23-18)13-6-5-12(9-16(13)25)24-8-7-20-11-24/h5-11,14,17,25H,1-4H2/t14-,17+/m0/s1. The molecule has 1 aliphatic carbocycles. The molecule has 0 spiro atoms. The van der Waals surface area contributed by atoms with Crippen molar-refractivity contribution in [2.24, 2.45) is 0 Å². The van der Waals surface area contributed by atoms with Crippen molar-refractivity contribution in [2.45, 2.75) is 38.0 Å². The molecule has 2 aromatic heterocycles. The maximum atomic E-state index is 13.8. The highest BCUT2D eigenvalue weighted by Crippen LogP contribution is 2.30. The molecular formula is C18H18FN5O2. The van der Waals surface area contributed by atoms with Gasteiger partial charge in [-0.2, -0.15) is 0 Å². The molecule has 0 unspecified atom stereocenters. The molecular weight excluding hydrogens is 337 g/mol. The molecule has 7 nitrogen and oxygen atoms in total. The van der Waals surface area contributed by atoms with E-state index in [1.54, 1.807) is 35.4 Å². The number of benzene rings is 1. The normalized spacial score (nSPS) is 20.0. The molecule has 8 heteroatoms. The van der Waals surface area contributed by atoms with Gasteiger partial charge >= 0.3 is 6.01 Å². The molecule has 0 aliphatic heterocycles. The van der Waals surface area contributed by atoms with E-state index in [-0.39, 0.29) is 11.8 Å². The van der Waals surface area contributed by atoms with E-state index in [0.717, 1.165) is 18.5 Å². The van der Waals surface area contributed by atoms with Gasteiger partial charge in [-0.05, 0) is 31.4 Å². The molecule has 0 radical (unpaired) electrons. The van der Waals surface area contributed by atoms with Crippen LogP contribution in [0.5, 0.6) is 11.8 Å². The summed E-state index contributed by atoms with van der Waals surface area (Å²) in [4.78, 5) is 8.09. The van der Waals surface area contributed by atoms with Crippen LogP contribution in [0.1, 0.15) is 25.7 Å². The Morgan fingerprint density at radius 1 is 1.19 bits per heavy atom. The Bertz CT molecular complexity index is 870. The van der Waals surface area contributed by atoms with E-state index < -0.39 is 12.3 Å². The van der Waals surface area contributed by atoms with Crippen molar-refractivity contribution in [3.05, 3.63) is 43.1 Å². The van der Waals surface area contributed by atoms with Gasteiger partial charge in [0.25, 0.3) is 0 Å². The molecule has 2 heterocycles. The first-order chi connectivity index (χ1) is 12.7. The van der Waals surface area contributed by atoms with Gasteiger partial charge in [-0.3, -0.25) is 0 Å². The molecule has 0 saturated heterocycles. The fourth-order valence-electron chi connectivity index (χ4n) is 3.07. The fourth-order valence-corrected chi connectivity index (χ4v) is 3.07. The third kappa shape index (κ3) is 3.35. The van der Waals surface area contributed by atoms with E-state index in [0.29, 0.717) is 24.1 Å². The van der Waals surface area contributed by atoms with E-state index in [1.807, 2.05) is 6.07 Å². The number of ether oxygens (including phenoxy) is 1. The van der Waals surface area contributed by atoms with Gasteiger partial charge < -0.3 is 14.4 Å². The summed E-state index contributed by atoms with van der Waals surface area (Å²) in [5.74, 6) is 0.0528. The van der Waals surface area contributed by atoms with E-state index in [9.17, 15) is 9.50 Å². The predicted molar refractivity (Wildman–Crippen MR) is 91.8 cm³/mol. The van der Waals surface area contributed by atoms with Crippen LogP contribution < -0.4 is 4.74 Å². The average molecular weight is 355 g/mol. The number of nitrogens with zero attached hydrogens (tertiary/aromatic N) is 5. The Balaban J connectivity index is 1.51. The topological polar surface area (TPSA) is 86.0 Å². The molecule has 3 aromatic rings. The highest BCUT2D eigenvalue weighted by atomic mass is 19.1. The molecule has 1 saturated carbocycles. The Kier molecular flexibility index (Phi) is 4.47. The molecule has 1 aromatic carbocycles. The summed E-state index contributed by atoms with van der Waals surface area (Å²) in [6, 6.07) is 5.23. The van der Waals surface area contributed by atoms with E-state index in [1.165, 1.54) is 6.20 Å². The number of phenols is 1. The van der Waals surface area contributed by atoms with Crippen molar-refractivity contribution >= 4 is 0 Å². The monoisotopic (exact) mass is 355 g/mol. The lowest BCUT2D eigenvalue weighted by Crippen LogP contribution is -2.32. The van der Waals surface area contributed by atoms with Crippen LogP contribution in [-0.2, 0) is 0 Å². The second-order valence-electron chi connectivity index (χ2n) is 6.25. The summed E-state index contributed by atoms with van der Waals surface area (Å²) < 4.78 is 21.1. The number of alkyl halides is 1. The smallest absolute Gasteiger partial charge is 0.336 e. The molecule has 134 valence electrons. The average Bonchev–Trinajstić information content (AvgIpc) is 3.19. The van der Waals surface area contributed by atoms with Gasteiger partial charge in [0.05, 0.1) is 18.2 Å². The number of imidazole rings is 1. The Labute approximate surface area is 149 Å². The first kappa shape index (κ1) is 16.4. The van der Waals surface area contributed by atoms with Crippen LogP contribution in [0.4, 0.5) is 4.39 Å². The zero-order chi connectivity index (χ0) is 17.9. The van der Waals surface area contributed by atoms with Gasteiger partial charge in [0.2, 0.25) is 0 Å². The predicted octanol–water partition coefficient (Wildman–Crippen LogP) is 3.09. The maximum Gasteiger partial charge on any atom is 0.336 e. The summed E-state index contributed by atoms with van der Waals surface area (Å²) in [5.41, 5.74) is 1.69. The second kappa shape index (κ2) is 7.07. The first-order valence-corrected chi connectivity index (χ1v) is 8.53. The lowest BCUT2D eigenvalue weighted by Gasteiger charge is -2.25. The molecule has 0 bridgehead atoms. The van der Waals surface area contributed by atoms with Crippen LogP contribution in [0.3, 0.4) is 0 Å². The number of hydrogen-bond acceptors (Lipinski definition) is 6.